The summed E-state index contributed by atoms with van der Waals surface area (Å²) in [6, 6.07) is 11.1. The Morgan fingerprint density at radius 3 is 2.68 bits per heavy atom. The number of hydrogen-bond donors (Lipinski definition) is 2. The molecule has 1 aliphatic rings. The fraction of sp³-hybridized carbons (Fsp3) is 0.455. The highest BCUT2D eigenvalue weighted by Gasteiger charge is 2.37. The number of pyridine rings is 1. The Kier molecular flexibility index (Phi) is 6.19. The number of benzene rings is 1. The number of hydrogen-bond acceptors (Lipinski definition) is 5. The lowest BCUT2D eigenvalue weighted by molar-refractivity contribution is -0.136. The standard InChI is InChI=1S/C22H29N3O3/c1-4-19(24-17-6-5-7-18(14-17)28-3)21(26)25-12-10-22(27,11-13-25)20-9-8-16(2)15-23-20/h5-9,14-15,19,24,27H,4,10-13H2,1-3H3/t19-/m0/s1. The van der Waals surface area contributed by atoms with Crippen LogP contribution in [0, 0.1) is 6.92 Å². The molecule has 0 unspecified atom stereocenters. The van der Waals surface area contributed by atoms with E-state index in [1.54, 1.807) is 13.3 Å². The van der Waals surface area contributed by atoms with Crippen molar-refractivity contribution in [1.82, 2.24) is 9.88 Å². The Labute approximate surface area is 166 Å². The SMILES string of the molecule is CC[C@H](Nc1cccc(OC)c1)C(=O)N1CCC(O)(c2ccc(C)cn2)CC1. The number of aryl methyl sites for hydroxylation is 1. The van der Waals surface area contributed by atoms with E-state index in [1.807, 2.05) is 55.1 Å². The lowest BCUT2D eigenvalue weighted by Crippen LogP contribution is -2.50. The minimum Gasteiger partial charge on any atom is -0.497 e. The van der Waals surface area contributed by atoms with E-state index in [9.17, 15) is 9.90 Å². The van der Waals surface area contributed by atoms with Crippen molar-refractivity contribution in [3.05, 3.63) is 53.9 Å². The largest absolute Gasteiger partial charge is 0.497 e. The summed E-state index contributed by atoms with van der Waals surface area (Å²) in [4.78, 5) is 19.2. The third-order valence-electron chi connectivity index (χ3n) is 5.41. The van der Waals surface area contributed by atoms with Gasteiger partial charge < -0.3 is 20.1 Å². The molecular formula is C22H29N3O3. The van der Waals surface area contributed by atoms with Gasteiger partial charge in [-0.1, -0.05) is 19.1 Å². The molecule has 2 heterocycles. The number of aliphatic hydroxyl groups is 1. The quantitative estimate of drug-likeness (QED) is 0.802. The Balaban J connectivity index is 1.63. The summed E-state index contributed by atoms with van der Waals surface area (Å²) in [5.41, 5.74) is 1.64. The number of likely N-dealkylation sites (tertiary alicyclic amines) is 1. The number of amides is 1. The van der Waals surface area contributed by atoms with Crippen LogP contribution in [0.5, 0.6) is 5.75 Å². The number of aromatic nitrogens is 1. The summed E-state index contributed by atoms with van der Waals surface area (Å²) in [6.45, 7) is 5.00. The molecule has 1 atom stereocenters. The lowest BCUT2D eigenvalue weighted by Gasteiger charge is -2.39. The smallest absolute Gasteiger partial charge is 0.245 e. The maximum atomic E-state index is 13.0. The number of nitrogens with zero attached hydrogens (tertiary/aromatic N) is 2. The van der Waals surface area contributed by atoms with Crippen LogP contribution in [0.3, 0.4) is 0 Å². The Hall–Kier alpha value is -2.60. The number of anilines is 1. The van der Waals surface area contributed by atoms with Crippen molar-refractivity contribution in [2.75, 3.05) is 25.5 Å². The van der Waals surface area contributed by atoms with Gasteiger partial charge in [0.15, 0.2) is 0 Å². The number of piperidine rings is 1. The van der Waals surface area contributed by atoms with Crippen molar-refractivity contribution in [3.63, 3.8) is 0 Å². The topological polar surface area (TPSA) is 74.7 Å². The molecule has 1 aromatic heterocycles. The fourth-order valence-electron chi connectivity index (χ4n) is 3.57. The van der Waals surface area contributed by atoms with E-state index in [0.29, 0.717) is 38.0 Å². The van der Waals surface area contributed by atoms with Gasteiger partial charge in [-0.25, -0.2) is 0 Å². The fourth-order valence-corrected chi connectivity index (χ4v) is 3.57. The normalized spacial score (nSPS) is 17.1. The van der Waals surface area contributed by atoms with E-state index in [2.05, 4.69) is 10.3 Å². The van der Waals surface area contributed by atoms with Crippen molar-refractivity contribution >= 4 is 11.6 Å². The molecule has 1 saturated heterocycles. The summed E-state index contributed by atoms with van der Waals surface area (Å²) in [6.07, 6.45) is 3.43. The van der Waals surface area contributed by atoms with Crippen LogP contribution < -0.4 is 10.1 Å². The molecule has 28 heavy (non-hydrogen) atoms. The van der Waals surface area contributed by atoms with Crippen LogP contribution in [0.25, 0.3) is 0 Å². The Bertz CT molecular complexity index is 799. The molecule has 0 bridgehead atoms. The predicted molar refractivity (Wildman–Crippen MR) is 109 cm³/mol. The second kappa shape index (κ2) is 8.61. The minimum atomic E-state index is -0.966. The van der Waals surface area contributed by atoms with Crippen molar-refractivity contribution in [3.8, 4) is 5.75 Å². The van der Waals surface area contributed by atoms with Crippen molar-refractivity contribution in [2.45, 2.75) is 44.8 Å². The first-order valence-corrected chi connectivity index (χ1v) is 9.80. The molecule has 6 nitrogen and oxygen atoms in total. The second-order valence-electron chi connectivity index (χ2n) is 7.41. The van der Waals surface area contributed by atoms with Gasteiger partial charge in [0.05, 0.1) is 12.8 Å². The first-order valence-electron chi connectivity index (χ1n) is 9.80. The zero-order valence-corrected chi connectivity index (χ0v) is 16.8. The van der Waals surface area contributed by atoms with Crippen molar-refractivity contribution < 1.29 is 14.6 Å². The monoisotopic (exact) mass is 383 g/mol. The van der Waals surface area contributed by atoms with Gasteiger partial charge in [0.2, 0.25) is 5.91 Å². The molecule has 0 aliphatic carbocycles. The Morgan fingerprint density at radius 2 is 2.07 bits per heavy atom. The Morgan fingerprint density at radius 1 is 1.32 bits per heavy atom. The van der Waals surface area contributed by atoms with Crippen LogP contribution in [-0.4, -0.2) is 47.1 Å². The zero-order valence-electron chi connectivity index (χ0n) is 16.8. The van der Waals surface area contributed by atoms with Crippen LogP contribution in [0.2, 0.25) is 0 Å². The van der Waals surface area contributed by atoms with Gasteiger partial charge in [-0.2, -0.15) is 0 Å². The summed E-state index contributed by atoms with van der Waals surface area (Å²) in [5, 5.41) is 14.3. The second-order valence-corrected chi connectivity index (χ2v) is 7.41. The molecule has 0 spiro atoms. The molecule has 1 amide bonds. The molecule has 2 N–H and O–H groups in total. The van der Waals surface area contributed by atoms with Gasteiger partial charge in [0.1, 0.15) is 17.4 Å². The molecule has 6 heteroatoms. The van der Waals surface area contributed by atoms with Crippen molar-refractivity contribution in [1.29, 1.82) is 0 Å². The lowest BCUT2D eigenvalue weighted by atomic mass is 9.87. The average molecular weight is 383 g/mol. The highest BCUT2D eigenvalue weighted by molar-refractivity contribution is 5.84. The zero-order chi connectivity index (χ0) is 20.1. The van der Waals surface area contributed by atoms with E-state index < -0.39 is 5.60 Å². The molecular weight excluding hydrogens is 354 g/mol. The van der Waals surface area contributed by atoms with Crippen molar-refractivity contribution in [2.24, 2.45) is 0 Å². The van der Waals surface area contributed by atoms with E-state index in [-0.39, 0.29) is 11.9 Å². The molecule has 1 fully saturated rings. The molecule has 1 aromatic carbocycles. The highest BCUT2D eigenvalue weighted by Crippen LogP contribution is 2.32. The summed E-state index contributed by atoms with van der Waals surface area (Å²) in [5.74, 6) is 0.810. The van der Waals surface area contributed by atoms with Crippen LogP contribution in [0.15, 0.2) is 42.6 Å². The van der Waals surface area contributed by atoms with E-state index >= 15 is 0 Å². The summed E-state index contributed by atoms with van der Waals surface area (Å²) >= 11 is 0. The van der Waals surface area contributed by atoms with E-state index in [0.717, 1.165) is 17.0 Å². The summed E-state index contributed by atoms with van der Waals surface area (Å²) < 4.78 is 5.25. The molecule has 150 valence electrons. The number of methoxy groups -OCH3 is 1. The average Bonchev–Trinajstić information content (AvgIpc) is 2.72. The number of ether oxygens (including phenoxy) is 1. The van der Waals surface area contributed by atoms with Crippen LogP contribution >= 0.6 is 0 Å². The molecule has 0 radical (unpaired) electrons. The van der Waals surface area contributed by atoms with E-state index in [4.69, 9.17) is 4.74 Å². The van der Waals surface area contributed by atoms with Gasteiger partial charge in [-0.05, 0) is 49.9 Å². The van der Waals surface area contributed by atoms with Gasteiger partial charge >= 0.3 is 0 Å². The van der Waals surface area contributed by atoms with Crippen LogP contribution in [0.4, 0.5) is 5.69 Å². The van der Waals surface area contributed by atoms with Gasteiger partial charge in [-0.3, -0.25) is 9.78 Å². The molecule has 0 saturated carbocycles. The van der Waals surface area contributed by atoms with Crippen LogP contribution in [-0.2, 0) is 10.4 Å². The minimum absolute atomic E-state index is 0.0595. The number of carbonyl (C=O) groups excluding carboxylic acids is 1. The maximum Gasteiger partial charge on any atom is 0.245 e. The van der Waals surface area contributed by atoms with Gasteiger partial charge in [0.25, 0.3) is 0 Å². The summed E-state index contributed by atoms with van der Waals surface area (Å²) in [7, 11) is 1.62. The van der Waals surface area contributed by atoms with Gasteiger partial charge in [0, 0.05) is 31.0 Å². The number of carbonyl (C=O) groups is 1. The molecule has 1 aliphatic heterocycles. The molecule has 2 aromatic rings. The maximum absolute atomic E-state index is 13.0. The molecule has 3 rings (SSSR count). The first kappa shape index (κ1) is 20.1. The van der Waals surface area contributed by atoms with Gasteiger partial charge in [-0.15, -0.1) is 0 Å². The highest BCUT2D eigenvalue weighted by atomic mass is 16.5. The predicted octanol–water partition coefficient (Wildman–Crippen LogP) is 3.10. The van der Waals surface area contributed by atoms with E-state index in [1.165, 1.54) is 0 Å². The number of nitrogens with one attached hydrogen (secondary N) is 1. The van der Waals surface area contributed by atoms with Crippen LogP contribution in [0.1, 0.15) is 37.4 Å². The third kappa shape index (κ3) is 4.44. The first-order chi connectivity index (χ1) is 13.4. The number of rotatable bonds is 6. The third-order valence-corrected chi connectivity index (χ3v) is 5.41.